The van der Waals surface area contributed by atoms with Crippen LogP contribution in [0.4, 0.5) is 0 Å². The van der Waals surface area contributed by atoms with Crippen LogP contribution in [0.5, 0.6) is 0 Å². The van der Waals surface area contributed by atoms with Gasteiger partial charge in [0.05, 0.1) is 13.0 Å². The molecule has 4 heteroatoms. The average Bonchev–Trinajstić information content (AvgIpc) is 2.75. The molecule has 0 aliphatic rings. The molecule has 2 atom stereocenters. The first kappa shape index (κ1) is 29.9. The third kappa shape index (κ3) is 18.2. The molecule has 31 heavy (non-hydrogen) atoms. The molecule has 0 heterocycles. The van der Waals surface area contributed by atoms with E-state index in [2.05, 4.69) is 13.8 Å². The Labute approximate surface area is 193 Å². The summed E-state index contributed by atoms with van der Waals surface area (Å²) in [7, 11) is 1.43. The minimum atomic E-state index is -0.348. The van der Waals surface area contributed by atoms with Gasteiger partial charge < -0.3 is 9.47 Å². The van der Waals surface area contributed by atoms with Gasteiger partial charge in [-0.05, 0) is 19.3 Å². The molecule has 2 unspecified atom stereocenters. The van der Waals surface area contributed by atoms with Crippen molar-refractivity contribution < 1.29 is 19.1 Å². The third-order valence-electron chi connectivity index (χ3n) is 6.23. The number of unbranched alkanes of at least 4 members (excludes halogenated alkanes) is 15. The number of hydrogen-bond donors (Lipinski definition) is 0. The van der Waals surface area contributed by atoms with E-state index in [1.54, 1.807) is 0 Å². The molecule has 0 saturated carbocycles. The zero-order chi connectivity index (χ0) is 23.2. The van der Waals surface area contributed by atoms with Gasteiger partial charge in [-0.15, -0.1) is 0 Å². The van der Waals surface area contributed by atoms with Gasteiger partial charge in [-0.2, -0.15) is 0 Å². The number of hydrogen-bond acceptors (Lipinski definition) is 4. The van der Waals surface area contributed by atoms with Crippen LogP contribution in [0, 0.1) is 5.92 Å². The van der Waals surface area contributed by atoms with Crippen molar-refractivity contribution in [3.63, 3.8) is 0 Å². The lowest BCUT2D eigenvalue weighted by atomic mass is 9.91. The molecule has 4 nitrogen and oxygen atoms in total. The van der Waals surface area contributed by atoms with Crippen molar-refractivity contribution in [2.75, 3.05) is 7.11 Å². The molecule has 0 aromatic heterocycles. The summed E-state index contributed by atoms with van der Waals surface area (Å²) in [6, 6.07) is 0. The normalized spacial score (nSPS) is 13.0. The minimum Gasteiger partial charge on any atom is -0.469 e. The second-order valence-electron chi connectivity index (χ2n) is 9.16. The number of methoxy groups -OCH3 is 1. The van der Waals surface area contributed by atoms with Crippen LogP contribution in [0.1, 0.15) is 143 Å². The maximum atomic E-state index is 12.4. The number of carbonyl (C=O) groups is 2. The van der Waals surface area contributed by atoms with Gasteiger partial charge in [-0.25, -0.2) is 0 Å². The smallest absolute Gasteiger partial charge is 0.312 e. The number of carbonyl (C=O) groups excluding carboxylic acids is 2. The molecule has 0 spiro atoms. The van der Waals surface area contributed by atoms with Crippen LogP contribution in [0.2, 0.25) is 0 Å². The van der Waals surface area contributed by atoms with Crippen LogP contribution in [0.3, 0.4) is 0 Å². The topological polar surface area (TPSA) is 52.6 Å². The Hall–Kier alpha value is -1.06. The van der Waals surface area contributed by atoms with Gasteiger partial charge in [-0.3, -0.25) is 9.59 Å². The van der Waals surface area contributed by atoms with Crippen LogP contribution in [0.25, 0.3) is 0 Å². The van der Waals surface area contributed by atoms with Crippen LogP contribution in [-0.4, -0.2) is 25.2 Å². The summed E-state index contributed by atoms with van der Waals surface area (Å²) in [5.74, 6) is -0.867. The Balaban J connectivity index is 4.16. The van der Waals surface area contributed by atoms with E-state index in [-0.39, 0.29) is 24.0 Å². The standard InChI is InChI=1S/C27H52O4/c1-5-7-9-11-12-13-14-15-16-17-19-20-22-25(27(29)30-4)26(31-24(3)28)23-21-18-10-8-6-2/h25-26H,5-23H2,1-4H3. The Bertz CT molecular complexity index is 421. The summed E-state index contributed by atoms with van der Waals surface area (Å²) in [6.45, 7) is 5.89. The molecule has 0 aromatic rings. The van der Waals surface area contributed by atoms with E-state index in [9.17, 15) is 9.59 Å². The van der Waals surface area contributed by atoms with Crippen molar-refractivity contribution in [3.8, 4) is 0 Å². The van der Waals surface area contributed by atoms with Crippen molar-refractivity contribution in [2.24, 2.45) is 5.92 Å². The third-order valence-corrected chi connectivity index (χ3v) is 6.23. The largest absolute Gasteiger partial charge is 0.469 e. The number of rotatable bonds is 22. The van der Waals surface area contributed by atoms with Crippen molar-refractivity contribution in [2.45, 2.75) is 149 Å². The van der Waals surface area contributed by atoms with Gasteiger partial charge in [0, 0.05) is 6.92 Å². The average molecular weight is 441 g/mol. The monoisotopic (exact) mass is 440 g/mol. The number of ether oxygens (including phenoxy) is 2. The fraction of sp³-hybridized carbons (Fsp3) is 0.926. The van der Waals surface area contributed by atoms with Gasteiger partial charge in [-0.1, -0.05) is 117 Å². The fourth-order valence-corrected chi connectivity index (χ4v) is 4.32. The SMILES string of the molecule is CCCCCCCCCCCCCCC(C(=O)OC)C(CCCCCCC)OC(C)=O. The molecule has 0 N–H and O–H groups in total. The van der Waals surface area contributed by atoms with E-state index >= 15 is 0 Å². The highest BCUT2D eigenvalue weighted by Crippen LogP contribution is 2.24. The van der Waals surface area contributed by atoms with Gasteiger partial charge in [0.2, 0.25) is 0 Å². The summed E-state index contributed by atoms with van der Waals surface area (Å²) in [5, 5.41) is 0. The molecule has 0 radical (unpaired) electrons. The van der Waals surface area contributed by atoms with Crippen molar-refractivity contribution in [1.29, 1.82) is 0 Å². The van der Waals surface area contributed by atoms with Gasteiger partial charge in [0.1, 0.15) is 6.10 Å². The minimum absolute atomic E-state index is 0.233. The van der Waals surface area contributed by atoms with Gasteiger partial charge in [0.25, 0.3) is 0 Å². The van der Waals surface area contributed by atoms with E-state index in [1.807, 2.05) is 0 Å². The molecule has 0 rings (SSSR count). The maximum Gasteiger partial charge on any atom is 0.312 e. The molecule has 0 bridgehead atoms. The second-order valence-corrected chi connectivity index (χ2v) is 9.16. The molecule has 0 amide bonds. The molecule has 0 saturated heterocycles. The maximum absolute atomic E-state index is 12.4. The van der Waals surface area contributed by atoms with Crippen LogP contribution in [-0.2, 0) is 19.1 Å². The number of esters is 2. The fourth-order valence-electron chi connectivity index (χ4n) is 4.32. The molecule has 0 aliphatic heterocycles. The predicted molar refractivity (Wildman–Crippen MR) is 130 cm³/mol. The summed E-state index contributed by atoms with van der Waals surface area (Å²) >= 11 is 0. The Morgan fingerprint density at radius 2 is 1.00 bits per heavy atom. The summed E-state index contributed by atoms with van der Waals surface area (Å²) < 4.78 is 10.6. The Kier molecular flexibility index (Phi) is 21.4. The van der Waals surface area contributed by atoms with E-state index in [0.717, 1.165) is 38.5 Å². The lowest BCUT2D eigenvalue weighted by Crippen LogP contribution is -2.33. The molecule has 0 aliphatic carbocycles. The van der Waals surface area contributed by atoms with E-state index in [4.69, 9.17) is 9.47 Å². The van der Waals surface area contributed by atoms with E-state index < -0.39 is 0 Å². The van der Waals surface area contributed by atoms with Crippen LogP contribution in [0.15, 0.2) is 0 Å². The first-order chi connectivity index (χ1) is 15.1. The molecular weight excluding hydrogens is 388 g/mol. The highest BCUT2D eigenvalue weighted by atomic mass is 16.6. The molecular formula is C27H52O4. The van der Waals surface area contributed by atoms with Crippen LogP contribution < -0.4 is 0 Å². The highest BCUT2D eigenvalue weighted by Gasteiger charge is 2.30. The predicted octanol–water partition coefficient (Wildman–Crippen LogP) is 8.16. The lowest BCUT2D eigenvalue weighted by Gasteiger charge is -2.25. The van der Waals surface area contributed by atoms with Crippen molar-refractivity contribution >= 4 is 11.9 Å². The van der Waals surface area contributed by atoms with Gasteiger partial charge in [0.15, 0.2) is 0 Å². The second kappa shape index (κ2) is 22.1. The molecule has 0 fully saturated rings. The zero-order valence-electron chi connectivity index (χ0n) is 21.2. The first-order valence-electron chi connectivity index (χ1n) is 13.3. The van der Waals surface area contributed by atoms with Crippen molar-refractivity contribution in [3.05, 3.63) is 0 Å². The van der Waals surface area contributed by atoms with Crippen molar-refractivity contribution in [1.82, 2.24) is 0 Å². The lowest BCUT2D eigenvalue weighted by molar-refractivity contribution is -0.160. The molecule has 184 valence electrons. The quantitative estimate of drug-likeness (QED) is 0.126. The Morgan fingerprint density at radius 1 is 0.613 bits per heavy atom. The summed E-state index contributed by atoms with van der Waals surface area (Å²) in [6.07, 6.45) is 22.4. The molecule has 0 aromatic carbocycles. The van der Waals surface area contributed by atoms with Gasteiger partial charge >= 0.3 is 11.9 Å². The summed E-state index contributed by atoms with van der Waals surface area (Å²) in [5.41, 5.74) is 0. The zero-order valence-corrected chi connectivity index (χ0v) is 21.2. The van der Waals surface area contributed by atoms with Crippen LogP contribution >= 0.6 is 0 Å². The first-order valence-corrected chi connectivity index (χ1v) is 13.3. The Morgan fingerprint density at radius 3 is 1.39 bits per heavy atom. The highest BCUT2D eigenvalue weighted by molar-refractivity contribution is 5.74. The van der Waals surface area contributed by atoms with E-state index in [0.29, 0.717) is 0 Å². The van der Waals surface area contributed by atoms with E-state index in [1.165, 1.54) is 97.5 Å². The summed E-state index contributed by atoms with van der Waals surface area (Å²) in [4.78, 5) is 24.0.